The number of hydrogen-bond acceptors (Lipinski definition) is 5. The summed E-state index contributed by atoms with van der Waals surface area (Å²) in [5.74, 6) is 1.46. The number of aryl methyl sites for hydroxylation is 5. The fourth-order valence-electron chi connectivity index (χ4n) is 4.47. The zero-order valence-electron chi connectivity index (χ0n) is 20.0. The van der Waals surface area contributed by atoms with Gasteiger partial charge in [0.1, 0.15) is 17.2 Å². The quantitative estimate of drug-likeness (QED) is 0.289. The summed E-state index contributed by atoms with van der Waals surface area (Å²) in [5.41, 5.74) is 7.30. The van der Waals surface area contributed by atoms with Gasteiger partial charge in [-0.3, -0.25) is 0 Å². The van der Waals surface area contributed by atoms with Crippen LogP contribution >= 0.6 is 0 Å². The minimum Gasteiger partial charge on any atom is -0.508 e. The number of rotatable bonds is 5. The molecular weight excluding hydrogens is 426 g/mol. The van der Waals surface area contributed by atoms with E-state index in [4.69, 9.17) is 4.74 Å². The van der Waals surface area contributed by atoms with Crippen molar-refractivity contribution < 1.29 is 20.1 Å². The Morgan fingerprint density at radius 3 is 1.65 bits per heavy atom. The summed E-state index contributed by atoms with van der Waals surface area (Å²) in [6.45, 7) is 9.76. The molecule has 0 unspecified atom stereocenters. The second-order valence-corrected chi connectivity index (χ2v) is 8.76. The van der Waals surface area contributed by atoms with Crippen LogP contribution in [0.15, 0.2) is 66.7 Å². The molecule has 0 heterocycles. The number of hydrogen-bond donors (Lipinski definition) is 3. The van der Waals surface area contributed by atoms with Gasteiger partial charge in [0.2, 0.25) is 0 Å². The smallest absolute Gasteiger partial charge is 0.169 e. The summed E-state index contributed by atoms with van der Waals surface area (Å²) in [4.78, 5) is 2.12. The minimum absolute atomic E-state index is 0.0812. The molecule has 0 aliphatic heterocycles. The summed E-state index contributed by atoms with van der Waals surface area (Å²) >= 11 is 0. The standard InChI is InChI=1S/C29H29NO4/c1-17-9-10-27(26(33)11-17)34-25-8-6-7-22(16-25)30(28-18(2)12-23(31)13-19(28)3)29-20(4)14-24(32)15-21(29)5/h6-16,31-33H,1-5H3. The van der Waals surface area contributed by atoms with Gasteiger partial charge in [-0.05, 0) is 111 Å². The molecule has 0 amide bonds. The van der Waals surface area contributed by atoms with Gasteiger partial charge in [-0.15, -0.1) is 0 Å². The van der Waals surface area contributed by atoms with Crippen molar-refractivity contribution in [3.05, 3.63) is 94.5 Å². The Morgan fingerprint density at radius 2 is 1.15 bits per heavy atom. The highest BCUT2D eigenvalue weighted by Crippen LogP contribution is 2.45. The first-order valence-corrected chi connectivity index (χ1v) is 11.1. The molecule has 0 atom stereocenters. The van der Waals surface area contributed by atoms with Crippen molar-refractivity contribution in [2.45, 2.75) is 34.6 Å². The molecule has 0 aliphatic rings. The van der Waals surface area contributed by atoms with Gasteiger partial charge in [-0.25, -0.2) is 0 Å². The van der Waals surface area contributed by atoms with Gasteiger partial charge >= 0.3 is 0 Å². The van der Waals surface area contributed by atoms with Crippen LogP contribution in [0.3, 0.4) is 0 Å². The summed E-state index contributed by atoms with van der Waals surface area (Å²) in [5, 5.41) is 30.6. The lowest BCUT2D eigenvalue weighted by Crippen LogP contribution is -2.15. The van der Waals surface area contributed by atoms with E-state index in [1.54, 1.807) is 36.4 Å². The van der Waals surface area contributed by atoms with Crippen LogP contribution in [0, 0.1) is 34.6 Å². The molecule has 4 aromatic carbocycles. The Balaban J connectivity index is 1.90. The maximum Gasteiger partial charge on any atom is 0.169 e. The average molecular weight is 456 g/mol. The molecule has 0 aliphatic carbocycles. The molecule has 0 saturated heterocycles. The van der Waals surface area contributed by atoms with Crippen LogP contribution in [0.5, 0.6) is 28.7 Å². The van der Waals surface area contributed by atoms with Crippen molar-refractivity contribution in [1.29, 1.82) is 0 Å². The molecular formula is C29H29NO4. The fourth-order valence-corrected chi connectivity index (χ4v) is 4.47. The van der Waals surface area contributed by atoms with E-state index in [2.05, 4.69) is 4.90 Å². The van der Waals surface area contributed by atoms with Gasteiger partial charge in [0.05, 0.1) is 11.4 Å². The first-order chi connectivity index (χ1) is 16.1. The fraction of sp³-hybridized carbons (Fsp3) is 0.172. The van der Waals surface area contributed by atoms with Crippen molar-refractivity contribution in [3.63, 3.8) is 0 Å². The van der Waals surface area contributed by atoms with Crippen molar-refractivity contribution in [3.8, 4) is 28.7 Å². The van der Waals surface area contributed by atoms with E-state index in [0.29, 0.717) is 11.5 Å². The molecule has 0 saturated carbocycles. The number of phenolic OH excluding ortho intramolecular Hbond substituents is 3. The van der Waals surface area contributed by atoms with Crippen LogP contribution in [0.2, 0.25) is 0 Å². The normalized spacial score (nSPS) is 10.9. The molecule has 4 rings (SSSR count). The molecule has 5 heteroatoms. The number of benzene rings is 4. The average Bonchev–Trinajstić information content (AvgIpc) is 2.73. The van der Waals surface area contributed by atoms with E-state index in [-0.39, 0.29) is 17.2 Å². The maximum absolute atomic E-state index is 10.3. The maximum atomic E-state index is 10.3. The Kier molecular flexibility index (Phi) is 6.12. The van der Waals surface area contributed by atoms with Gasteiger partial charge < -0.3 is 25.0 Å². The van der Waals surface area contributed by atoms with Crippen LogP contribution in [-0.2, 0) is 0 Å². The first-order valence-electron chi connectivity index (χ1n) is 11.1. The summed E-state index contributed by atoms with van der Waals surface area (Å²) in [7, 11) is 0. The first kappa shape index (κ1) is 23.1. The van der Waals surface area contributed by atoms with Crippen LogP contribution in [0.25, 0.3) is 0 Å². The third-order valence-corrected chi connectivity index (χ3v) is 5.82. The SMILES string of the molecule is Cc1ccc(Oc2cccc(N(c3c(C)cc(O)cc3C)c3c(C)cc(O)cc3C)c2)c(O)c1. The Morgan fingerprint density at radius 1 is 0.618 bits per heavy atom. The van der Waals surface area contributed by atoms with Gasteiger partial charge in [-0.1, -0.05) is 12.1 Å². The predicted molar refractivity (Wildman–Crippen MR) is 136 cm³/mol. The molecule has 0 radical (unpaired) electrons. The van der Waals surface area contributed by atoms with E-state index in [1.165, 1.54) is 0 Å². The highest BCUT2D eigenvalue weighted by atomic mass is 16.5. The topological polar surface area (TPSA) is 73.2 Å². The summed E-state index contributed by atoms with van der Waals surface area (Å²) < 4.78 is 6.03. The molecule has 34 heavy (non-hydrogen) atoms. The number of ether oxygens (including phenoxy) is 1. The van der Waals surface area contributed by atoms with Crippen LogP contribution < -0.4 is 9.64 Å². The third kappa shape index (κ3) is 4.50. The largest absolute Gasteiger partial charge is 0.508 e. The van der Waals surface area contributed by atoms with Crippen LogP contribution in [-0.4, -0.2) is 15.3 Å². The van der Waals surface area contributed by atoms with E-state index in [9.17, 15) is 15.3 Å². The van der Waals surface area contributed by atoms with Crippen molar-refractivity contribution in [2.75, 3.05) is 4.90 Å². The Hall–Kier alpha value is -4.12. The lowest BCUT2D eigenvalue weighted by molar-refractivity contribution is 0.411. The van der Waals surface area contributed by atoms with Gasteiger partial charge in [0.15, 0.2) is 11.5 Å². The molecule has 0 spiro atoms. The van der Waals surface area contributed by atoms with E-state index in [1.807, 2.05) is 65.0 Å². The van der Waals surface area contributed by atoms with Crippen LogP contribution in [0.1, 0.15) is 27.8 Å². The summed E-state index contributed by atoms with van der Waals surface area (Å²) in [6, 6.07) is 19.9. The van der Waals surface area contributed by atoms with E-state index >= 15 is 0 Å². The molecule has 0 fully saturated rings. The molecule has 5 nitrogen and oxygen atoms in total. The number of aromatic hydroxyl groups is 3. The zero-order chi connectivity index (χ0) is 24.6. The van der Waals surface area contributed by atoms with E-state index in [0.717, 1.165) is 44.9 Å². The second-order valence-electron chi connectivity index (χ2n) is 8.76. The molecule has 3 N–H and O–H groups in total. The van der Waals surface area contributed by atoms with Gasteiger partial charge in [-0.2, -0.15) is 0 Å². The third-order valence-electron chi connectivity index (χ3n) is 5.82. The highest BCUT2D eigenvalue weighted by Gasteiger charge is 2.22. The van der Waals surface area contributed by atoms with Crippen molar-refractivity contribution >= 4 is 17.1 Å². The number of nitrogens with zero attached hydrogens (tertiary/aromatic N) is 1. The molecule has 0 bridgehead atoms. The minimum atomic E-state index is 0.0812. The Bertz CT molecular complexity index is 1270. The lowest BCUT2D eigenvalue weighted by atomic mass is 10.0. The Labute approximate surface area is 200 Å². The van der Waals surface area contributed by atoms with E-state index < -0.39 is 0 Å². The monoisotopic (exact) mass is 455 g/mol. The van der Waals surface area contributed by atoms with Gasteiger partial charge in [0, 0.05) is 11.8 Å². The number of phenols is 3. The highest BCUT2D eigenvalue weighted by molar-refractivity contribution is 5.84. The van der Waals surface area contributed by atoms with Crippen LogP contribution in [0.4, 0.5) is 17.1 Å². The second kappa shape index (κ2) is 9.02. The lowest BCUT2D eigenvalue weighted by Gasteiger charge is -2.31. The molecule has 4 aromatic rings. The number of anilines is 3. The van der Waals surface area contributed by atoms with Gasteiger partial charge in [0.25, 0.3) is 0 Å². The summed E-state index contributed by atoms with van der Waals surface area (Å²) in [6.07, 6.45) is 0. The van der Waals surface area contributed by atoms with Crippen molar-refractivity contribution in [1.82, 2.24) is 0 Å². The molecule has 0 aromatic heterocycles. The van der Waals surface area contributed by atoms with Crippen molar-refractivity contribution in [2.24, 2.45) is 0 Å². The zero-order valence-corrected chi connectivity index (χ0v) is 20.0. The predicted octanol–water partition coefficient (Wildman–Crippen LogP) is 7.61. The molecule has 174 valence electrons.